The van der Waals surface area contributed by atoms with Crippen molar-refractivity contribution in [2.75, 3.05) is 18.5 Å². The molecular formula is C15H21NO3. The van der Waals surface area contributed by atoms with Gasteiger partial charge in [-0.3, -0.25) is 4.79 Å². The van der Waals surface area contributed by atoms with Crippen molar-refractivity contribution < 1.29 is 14.3 Å². The highest BCUT2D eigenvalue weighted by Gasteiger charge is 2.35. The van der Waals surface area contributed by atoms with Crippen molar-refractivity contribution in [3.63, 3.8) is 0 Å². The SMILES string of the molecule is CCOc1cccc(NC(=O)C2(C)CCCCO2)c1. The van der Waals surface area contributed by atoms with E-state index < -0.39 is 5.60 Å². The van der Waals surface area contributed by atoms with Crippen LogP contribution in [0.4, 0.5) is 5.69 Å². The summed E-state index contributed by atoms with van der Waals surface area (Å²) in [5, 5.41) is 2.91. The van der Waals surface area contributed by atoms with Crippen LogP contribution in [0.2, 0.25) is 0 Å². The lowest BCUT2D eigenvalue weighted by atomic mass is 9.95. The lowest BCUT2D eigenvalue weighted by Crippen LogP contribution is -2.44. The Balaban J connectivity index is 2.03. The number of hydrogen-bond acceptors (Lipinski definition) is 3. The van der Waals surface area contributed by atoms with E-state index >= 15 is 0 Å². The third-order valence-corrected chi connectivity index (χ3v) is 3.35. The molecule has 0 bridgehead atoms. The van der Waals surface area contributed by atoms with E-state index in [0.717, 1.165) is 30.7 Å². The Hall–Kier alpha value is -1.55. The standard InChI is InChI=1S/C15H21NO3/c1-3-18-13-8-6-7-12(11-13)16-14(17)15(2)9-4-5-10-19-15/h6-8,11H,3-5,9-10H2,1-2H3,(H,16,17). The molecule has 0 aliphatic carbocycles. The van der Waals surface area contributed by atoms with Gasteiger partial charge in [-0.25, -0.2) is 0 Å². The normalized spacial score (nSPS) is 22.8. The first-order valence-corrected chi connectivity index (χ1v) is 6.82. The summed E-state index contributed by atoms with van der Waals surface area (Å²) >= 11 is 0. The predicted octanol–water partition coefficient (Wildman–Crippen LogP) is 2.98. The van der Waals surface area contributed by atoms with E-state index in [1.807, 2.05) is 38.1 Å². The van der Waals surface area contributed by atoms with Gasteiger partial charge in [-0.1, -0.05) is 6.07 Å². The van der Waals surface area contributed by atoms with Crippen LogP contribution in [-0.4, -0.2) is 24.7 Å². The summed E-state index contributed by atoms with van der Waals surface area (Å²) in [5.41, 5.74) is 0.0335. The highest BCUT2D eigenvalue weighted by atomic mass is 16.5. The molecule has 0 spiro atoms. The van der Waals surface area contributed by atoms with Gasteiger partial charge in [0.25, 0.3) is 5.91 Å². The number of carbonyl (C=O) groups excluding carboxylic acids is 1. The van der Waals surface area contributed by atoms with Gasteiger partial charge >= 0.3 is 0 Å². The molecule has 4 nitrogen and oxygen atoms in total. The van der Waals surface area contributed by atoms with E-state index in [1.54, 1.807) is 0 Å². The third kappa shape index (κ3) is 3.47. The van der Waals surface area contributed by atoms with E-state index in [-0.39, 0.29) is 5.91 Å². The maximum absolute atomic E-state index is 12.3. The highest BCUT2D eigenvalue weighted by molar-refractivity contribution is 5.97. The Labute approximate surface area is 114 Å². The number of amides is 1. The molecular weight excluding hydrogens is 242 g/mol. The molecule has 19 heavy (non-hydrogen) atoms. The molecule has 1 N–H and O–H groups in total. The molecule has 1 aromatic carbocycles. The Morgan fingerprint density at radius 3 is 3.00 bits per heavy atom. The monoisotopic (exact) mass is 263 g/mol. The maximum Gasteiger partial charge on any atom is 0.256 e. The van der Waals surface area contributed by atoms with Crippen LogP contribution in [0.3, 0.4) is 0 Å². The molecule has 1 unspecified atom stereocenters. The first kappa shape index (κ1) is 13.9. The number of hydrogen-bond donors (Lipinski definition) is 1. The van der Waals surface area contributed by atoms with Crippen LogP contribution in [0.25, 0.3) is 0 Å². The second-order valence-corrected chi connectivity index (χ2v) is 4.95. The van der Waals surface area contributed by atoms with E-state index in [0.29, 0.717) is 13.2 Å². The average molecular weight is 263 g/mol. The Morgan fingerprint density at radius 2 is 2.32 bits per heavy atom. The summed E-state index contributed by atoms with van der Waals surface area (Å²) in [7, 11) is 0. The van der Waals surface area contributed by atoms with Crippen LogP contribution in [0, 0.1) is 0 Å². The zero-order valence-corrected chi connectivity index (χ0v) is 11.6. The smallest absolute Gasteiger partial charge is 0.256 e. The number of nitrogens with one attached hydrogen (secondary N) is 1. The van der Waals surface area contributed by atoms with Crippen LogP contribution < -0.4 is 10.1 Å². The molecule has 1 saturated heterocycles. The average Bonchev–Trinajstić information content (AvgIpc) is 2.40. The first-order valence-electron chi connectivity index (χ1n) is 6.82. The summed E-state index contributed by atoms with van der Waals surface area (Å²) in [5.74, 6) is 0.677. The molecule has 1 amide bonds. The summed E-state index contributed by atoms with van der Waals surface area (Å²) in [6.07, 6.45) is 2.83. The summed E-state index contributed by atoms with van der Waals surface area (Å²) < 4.78 is 11.1. The van der Waals surface area contributed by atoms with Gasteiger partial charge < -0.3 is 14.8 Å². The van der Waals surface area contributed by atoms with Crippen molar-refractivity contribution in [3.05, 3.63) is 24.3 Å². The Bertz CT molecular complexity index is 439. The van der Waals surface area contributed by atoms with Gasteiger partial charge in [-0.15, -0.1) is 0 Å². The summed E-state index contributed by atoms with van der Waals surface area (Å²) in [6, 6.07) is 7.42. The van der Waals surface area contributed by atoms with Crippen LogP contribution in [0.1, 0.15) is 33.1 Å². The highest BCUT2D eigenvalue weighted by Crippen LogP contribution is 2.26. The van der Waals surface area contributed by atoms with Crippen molar-refractivity contribution in [1.29, 1.82) is 0 Å². The fraction of sp³-hybridized carbons (Fsp3) is 0.533. The van der Waals surface area contributed by atoms with Gasteiger partial charge in [-0.2, -0.15) is 0 Å². The number of anilines is 1. The van der Waals surface area contributed by atoms with E-state index in [1.165, 1.54) is 0 Å². The second-order valence-electron chi connectivity index (χ2n) is 4.95. The predicted molar refractivity (Wildman–Crippen MR) is 74.4 cm³/mol. The molecule has 1 aliphatic rings. The van der Waals surface area contributed by atoms with Gasteiger partial charge in [0.2, 0.25) is 0 Å². The zero-order valence-electron chi connectivity index (χ0n) is 11.6. The summed E-state index contributed by atoms with van der Waals surface area (Å²) in [4.78, 5) is 12.3. The second kappa shape index (κ2) is 6.06. The molecule has 0 saturated carbocycles. The maximum atomic E-state index is 12.3. The molecule has 0 aromatic heterocycles. The topological polar surface area (TPSA) is 47.6 Å². The lowest BCUT2D eigenvalue weighted by molar-refractivity contribution is -0.144. The largest absolute Gasteiger partial charge is 0.494 e. The Morgan fingerprint density at radius 1 is 1.47 bits per heavy atom. The molecule has 1 aliphatic heterocycles. The number of carbonyl (C=O) groups is 1. The molecule has 4 heteroatoms. The molecule has 1 aromatic rings. The molecule has 0 radical (unpaired) electrons. The van der Waals surface area contributed by atoms with Gasteiger partial charge in [0.05, 0.1) is 6.61 Å². The van der Waals surface area contributed by atoms with Crippen LogP contribution in [0.5, 0.6) is 5.75 Å². The minimum absolute atomic E-state index is 0.0825. The Kier molecular flexibility index (Phi) is 4.43. The summed E-state index contributed by atoms with van der Waals surface area (Å²) in [6.45, 7) is 5.05. The van der Waals surface area contributed by atoms with Crippen LogP contribution >= 0.6 is 0 Å². The van der Waals surface area contributed by atoms with Gasteiger partial charge in [0.15, 0.2) is 0 Å². The van der Waals surface area contributed by atoms with E-state index in [9.17, 15) is 4.79 Å². The molecule has 1 fully saturated rings. The lowest BCUT2D eigenvalue weighted by Gasteiger charge is -2.32. The van der Waals surface area contributed by atoms with Crippen molar-refractivity contribution in [3.8, 4) is 5.75 Å². The van der Waals surface area contributed by atoms with E-state index in [2.05, 4.69) is 5.32 Å². The van der Waals surface area contributed by atoms with Gasteiger partial charge in [0, 0.05) is 18.4 Å². The molecule has 104 valence electrons. The molecule has 1 heterocycles. The van der Waals surface area contributed by atoms with Gasteiger partial charge in [-0.05, 0) is 45.2 Å². The van der Waals surface area contributed by atoms with Crippen molar-refractivity contribution in [1.82, 2.24) is 0 Å². The number of ether oxygens (including phenoxy) is 2. The first-order chi connectivity index (χ1) is 9.14. The van der Waals surface area contributed by atoms with Gasteiger partial charge in [0.1, 0.15) is 11.4 Å². The van der Waals surface area contributed by atoms with E-state index in [4.69, 9.17) is 9.47 Å². The molecule has 1 atom stereocenters. The molecule has 2 rings (SSSR count). The third-order valence-electron chi connectivity index (χ3n) is 3.35. The zero-order chi connectivity index (χ0) is 13.7. The van der Waals surface area contributed by atoms with Crippen molar-refractivity contribution in [2.24, 2.45) is 0 Å². The fourth-order valence-electron chi connectivity index (χ4n) is 2.21. The van der Waals surface area contributed by atoms with Crippen molar-refractivity contribution in [2.45, 2.75) is 38.7 Å². The number of benzene rings is 1. The minimum atomic E-state index is -0.708. The number of rotatable bonds is 4. The fourth-order valence-corrected chi connectivity index (χ4v) is 2.21. The minimum Gasteiger partial charge on any atom is -0.494 e. The van der Waals surface area contributed by atoms with Crippen LogP contribution in [-0.2, 0) is 9.53 Å². The van der Waals surface area contributed by atoms with Crippen molar-refractivity contribution >= 4 is 11.6 Å². The quantitative estimate of drug-likeness (QED) is 0.908. The van der Waals surface area contributed by atoms with Crippen LogP contribution in [0.15, 0.2) is 24.3 Å².